The number of methoxy groups -OCH3 is 1. The molecule has 1 aliphatic rings. The van der Waals surface area contributed by atoms with Gasteiger partial charge in [-0.15, -0.1) is 0 Å². The van der Waals surface area contributed by atoms with Gasteiger partial charge < -0.3 is 24.3 Å². The number of aromatic nitrogens is 2. The summed E-state index contributed by atoms with van der Waals surface area (Å²) >= 11 is 0. The van der Waals surface area contributed by atoms with Gasteiger partial charge >= 0.3 is 12.1 Å². The van der Waals surface area contributed by atoms with Gasteiger partial charge in [0.25, 0.3) is 5.91 Å². The molecule has 34 heavy (non-hydrogen) atoms. The Morgan fingerprint density at radius 2 is 1.68 bits per heavy atom. The molecule has 1 aromatic carbocycles. The van der Waals surface area contributed by atoms with Gasteiger partial charge in [0.05, 0.1) is 19.3 Å². The second kappa shape index (κ2) is 9.48. The third-order valence-corrected chi connectivity index (χ3v) is 5.48. The summed E-state index contributed by atoms with van der Waals surface area (Å²) < 4.78 is 12.4. The second-order valence-corrected chi connectivity index (χ2v) is 10.4. The molecule has 1 aromatic heterocycles. The van der Waals surface area contributed by atoms with Crippen molar-refractivity contribution in [3.63, 3.8) is 0 Å². The Bertz CT molecular complexity index is 1060. The van der Waals surface area contributed by atoms with Crippen molar-refractivity contribution < 1.29 is 23.9 Å². The Hall–Kier alpha value is -3.36. The lowest BCUT2D eigenvalue weighted by Gasteiger charge is -2.32. The highest BCUT2D eigenvalue weighted by Crippen LogP contribution is 2.28. The van der Waals surface area contributed by atoms with Crippen molar-refractivity contribution in [3.8, 4) is 11.4 Å². The molecule has 0 fully saturated rings. The molecule has 0 saturated heterocycles. The van der Waals surface area contributed by atoms with E-state index >= 15 is 0 Å². The molecule has 1 unspecified atom stereocenters. The molecule has 0 radical (unpaired) electrons. The number of carbonyl (C=O) groups excluding carboxylic acids is 3. The third kappa shape index (κ3) is 5.58. The van der Waals surface area contributed by atoms with Crippen molar-refractivity contribution in [2.75, 3.05) is 13.7 Å². The Balaban J connectivity index is 2.00. The fourth-order valence-corrected chi connectivity index (χ4v) is 3.79. The van der Waals surface area contributed by atoms with E-state index in [-0.39, 0.29) is 12.2 Å². The lowest BCUT2D eigenvalue weighted by Crippen LogP contribution is -2.50. The standard InChI is InChI=1S/C25H34N4O5/c1-24(2,3)19(22(31)33-7)27-21(30)18-17-15-28(23(32)34-25(4,5)6)13-14-29(17)20(26-18)16-11-9-8-10-12-16/h8-12,19H,13-15H2,1-7H3,(H,27,30). The normalized spacial score (nSPS) is 14.7. The second-order valence-electron chi connectivity index (χ2n) is 10.4. The third-order valence-electron chi connectivity index (χ3n) is 5.48. The molecule has 3 rings (SSSR count). The van der Waals surface area contributed by atoms with Gasteiger partial charge in [0, 0.05) is 18.7 Å². The highest BCUT2D eigenvalue weighted by molar-refractivity contribution is 5.97. The van der Waals surface area contributed by atoms with Crippen LogP contribution in [0.15, 0.2) is 30.3 Å². The van der Waals surface area contributed by atoms with Crippen LogP contribution in [0.5, 0.6) is 0 Å². The van der Waals surface area contributed by atoms with Gasteiger partial charge in [0.15, 0.2) is 5.69 Å². The molecular formula is C25H34N4O5. The Labute approximate surface area is 200 Å². The summed E-state index contributed by atoms with van der Waals surface area (Å²) in [6.07, 6.45) is -0.449. The van der Waals surface area contributed by atoms with Crippen LogP contribution in [0.2, 0.25) is 0 Å². The Morgan fingerprint density at radius 3 is 2.24 bits per heavy atom. The van der Waals surface area contributed by atoms with Crippen LogP contribution in [-0.4, -0.2) is 57.7 Å². The average molecular weight is 471 g/mol. The first-order valence-electron chi connectivity index (χ1n) is 11.3. The molecular weight excluding hydrogens is 436 g/mol. The molecule has 2 heterocycles. The van der Waals surface area contributed by atoms with Crippen LogP contribution in [0.1, 0.15) is 57.7 Å². The number of imidazole rings is 1. The van der Waals surface area contributed by atoms with Gasteiger partial charge in [0.1, 0.15) is 17.5 Å². The fraction of sp³-hybridized carbons (Fsp3) is 0.520. The predicted octanol–water partition coefficient (Wildman–Crippen LogP) is 3.62. The lowest BCUT2D eigenvalue weighted by molar-refractivity contribution is -0.145. The van der Waals surface area contributed by atoms with Crippen molar-refractivity contribution in [3.05, 3.63) is 41.7 Å². The number of carbonyl (C=O) groups is 3. The number of ether oxygens (including phenoxy) is 2. The summed E-state index contributed by atoms with van der Waals surface area (Å²) in [5.41, 5.74) is 0.406. The Morgan fingerprint density at radius 1 is 1.03 bits per heavy atom. The van der Waals surface area contributed by atoms with E-state index in [0.29, 0.717) is 24.6 Å². The highest BCUT2D eigenvalue weighted by atomic mass is 16.6. The predicted molar refractivity (Wildman–Crippen MR) is 127 cm³/mol. The maximum Gasteiger partial charge on any atom is 0.410 e. The number of nitrogens with zero attached hydrogens (tertiary/aromatic N) is 3. The number of hydrogen-bond donors (Lipinski definition) is 1. The molecule has 2 aromatic rings. The molecule has 1 N–H and O–H groups in total. The number of rotatable bonds is 4. The number of fused-ring (bicyclic) bond motifs is 1. The van der Waals surface area contributed by atoms with Gasteiger partial charge in [-0.1, -0.05) is 51.1 Å². The van der Waals surface area contributed by atoms with Crippen molar-refractivity contribution in [2.45, 2.75) is 66.3 Å². The van der Waals surface area contributed by atoms with Crippen molar-refractivity contribution in [1.29, 1.82) is 0 Å². The smallest absolute Gasteiger partial charge is 0.410 e. The van der Waals surface area contributed by atoms with Crippen LogP contribution >= 0.6 is 0 Å². The molecule has 0 saturated carbocycles. The topological polar surface area (TPSA) is 103 Å². The van der Waals surface area contributed by atoms with Gasteiger partial charge in [-0.3, -0.25) is 4.79 Å². The van der Waals surface area contributed by atoms with E-state index in [0.717, 1.165) is 5.56 Å². The molecule has 2 amide bonds. The average Bonchev–Trinajstić information content (AvgIpc) is 3.14. The molecule has 1 aliphatic heterocycles. The number of benzene rings is 1. The molecule has 0 bridgehead atoms. The first-order chi connectivity index (χ1) is 15.8. The van der Waals surface area contributed by atoms with E-state index in [4.69, 9.17) is 9.47 Å². The van der Waals surface area contributed by atoms with Crippen LogP contribution < -0.4 is 5.32 Å². The summed E-state index contributed by atoms with van der Waals surface area (Å²) in [6, 6.07) is 8.69. The molecule has 9 heteroatoms. The minimum Gasteiger partial charge on any atom is -0.467 e. The molecule has 1 atom stereocenters. The van der Waals surface area contributed by atoms with E-state index < -0.39 is 35.0 Å². The van der Waals surface area contributed by atoms with Crippen LogP contribution in [0.25, 0.3) is 11.4 Å². The number of esters is 1. The summed E-state index contributed by atoms with van der Waals surface area (Å²) in [5, 5.41) is 2.80. The first kappa shape index (κ1) is 25.3. The van der Waals surface area contributed by atoms with Crippen molar-refractivity contribution >= 4 is 18.0 Å². The zero-order chi connectivity index (χ0) is 25.3. The zero-order valence-corrected chi connectivity index (χ0v) is 21.0. The monoisotopic (exact) mass is 470 g/mol. The number of amides is 2. The van der Waals surface area contributed by atoms with E-state index in [1.165, 1.54) is 7.11 Å². The van der Waals surface area contributed by atoms with E-state index in [1.807, 2.05) is 76.4 Å². The molecule has 184 valence electrons. The summed E-state index contributed by atoms with van der Waals surface area (Å²) in [7, 11) is 1.29. The quantitative estimate of drug-likeness (QED) is 0.685. The van der Waals surface area contributed by atoms with E-state index in [2.05, 4.69) is 10.3 Å². The summed E-state index contributed by atoms with van der Waals surface area (Å²) in [4.78, 5) is 44.8. The van der Waals surface area contributed by atoms with E-state index in [1.54, 1.807) is 4.90 Å². The number of hydrogen-bond acceptors (Lipinski definition) is 6. The molecule has 9 nitrogen and oxygen atoms in total. The van der Waals surface area contributed by atoms with Gasteiger partial charge in [-0.05, 0) is 26.2 Å². The zero-order valence-electron chi connectivity index (χ0n) is 21.0. The van der Waals surface area contributed by atoms with Gasteiger partial charge in [-0.25, -0.2) is 14.6 Å². The van der Waals surface area contributed by atoms with Crippen LogP contribution in [-0.2, 0) is 27.4 Å². The highest BCUT2D eigenvalue weighted by Gasteiger charge is 2.37. The minimum atomic E-state index is -0.868. The fourth-order valence-electron chi connectivity index (χ4n) is 3.79. The SMILES string of the molecule is COC(=O)C(NC(=O)c1nc(-c2ccccc2)n2c1CN(C(=O)OC(C)(C)C)CC2)C(C)(C)C. The molecule has 0 aliphatic carbocycles. The van der Waals surface area contributed by atoms with Crippen LogP contribution in [0, 0.1) is 5.41 Å². The molecule has 0 spiro atoms. The van der Waals surface area contributed by atoms with Crippen molar-refractivity contribution in [1.82, 2.24) is 19.8 Å². The maximum atomic E-state index is 13.4. The van der Waals surface area contributed by atoms with Crippen LogP contribution in [0.3, 0.4) is 0 Å². The van der Waals surface area contributed by atoms with Crippen molar-refractivity contribution in [2.24, 2.45) is 5.41 Å². The number of nitrogens with one attached hydrogen (secondary N) is 1. The Kier molecular flexibility index (Phi) is 7.05. The van der Waals surface area contributed by atoms with Gasteiger partial charge in [0.2, 0.25) is 0 Å². The first-order valence-corrected chi connectivity index (χ1v) is 11.3. The largest absolute Gasteiger partial charge is 0.467 e. The maximum absolute atomic E-state index is 13.4. The van der Waals surface area contributed by atoms with E-state index in [9.17, 15) is 14.4 Å². The van der Waals surface area contributed by atoms with Gasteiger partial charge in [-0.2, -0.15) is 0 Å². The summed E-state index contributed by atoms with van der Waals surface area (Å²) in [6.45, 7) is 12.0. The summed E-state index contributed by atoms with van der Waals surface area (Å²) in [5.74, 6) is -0.398. The lowest BCUT2D eigenvalue weighted by atomic mass is 9.86. The van der Waals surface area contributed by atoms with Crippen LogP contribution in [0.4, 0.5) is 4.79 Å². The minimum absolute atomic E-state index is 0.163.